The number of hydrogen-bond acceptors (Lipinski definition) is 5. The third-order valence-electron chi connectivity index (χ3n) is 5.04. The van der Waals surface area contributed by atoms with Crippen LogP contribution in [0.15, 0.2) is 54.6 Å². The Bertz CT molecular complexity index is 1000. The summed E-state index contributed by atoms with van der Waals surface area (Å²) in [7, 11) is -3.30. The van der Waals surface area contributed by atoms with Crippen molar-refractivity contribution in [1.82, 2.24) is 4.90 Å². The van der Waals surface area contributed by atoms with Gasteiger partial charge in [-0.15, -0.1) is 0 Å². The first kappa shape index (κ1) is 18.6. The molecule has 2 aromatic rings. The minimum absolute atomic E-state index is 0.0316. The summed E-state index contributed by atoms with van der Waals surface area (Å²) in [5.74, 6) is 1.12. The number of carbonyl (C=O) groups is 1. The lowest BCUT2D eigenvalue weighted by Crippen LogP contribution is -2.32. The van der Waals surface area contributed by atoms with Crippen LogP contribution in [0.2, 0.25) is 0 Å². The molecule has 28 heavy (non-hydrogen) atoms. The first-order valence-electron chi connectivity index (χ1n) is 9.16. The number of ether oxygens (including phenoxy) is 2. The average Bonchev–Trinajstić information content (AvgIpc) is 3.10. The molecule has 2 aliphatic rings. The zero-order chi connectivity index (χ0) is 19.6. The number of amides is 1. The fourth-order valence-corrected chi connectivity index (χ4v) is 5.29. The second-order valence-corrected chi connectivity index (χ2v) is 9.13. The molecule has 0 spiro atoms. The van der Waals surface area contributed by atoms with Gasteiger partial charge >= 0.3 is 0 Å². The zero-order valence-electron chi connectivity index (χ0n) is 15.3. The highest BCUT2D eigenvalue weighted by Crippen LogP contribution is 2.33. The summed E-state index contributed by atoms with van der Waals surface area (Å²) in [4.78, 5) is 14.2. The lowest BCUT2D eigenvalue weighted by atomic mass is 10.1. The molecule has 0 radical (unpaired) electrons. The molecule has 1 saturated heterocycles. The molecule has 146 valence electrons. The van der Waals surface area contributed by atoms with Gasteiger partial charge in [-0.3, -0.25) is 4.79 Å². The Morgan fingerprint density at radius 3 is 2.64 bits per heavy atom. The second kappa shape index (κ2) is 7.67. The minimum Gasteiger partial charge on any atom is -0.454 e. The summed E-state index contributed by atoms with van der Waals surface area (Å²) in [5, 5.41) is -0.565. The van der Waals surface area contributed by atoms with E-state index in [2.05, 4.69) is 0 Å². The fourth-order valence-electron chi connectivity index (χ4n) is 3.50. The van der Waals surface area contributed by atoms with Crippen LogP contribution in [0.25, 0.3) is 6.08 Å². The number of rotatable bonds is 3. The predicted molar refractivity (Wildman–Crippen MR) is 106 cm³/mol. The number of nitrogens with zero attached hydrogens (tertiary/aromatic N) is 1. The lowest BCUT2D eigenvalue weighted by Gasteiger charge is -2.18. The molecule has 0 bridgehead atoms. The van der Waals surface area contributed by atoms with E-state index in [0.29, 0.717) is 24.5 Å². The molecule has 1 atom stereocenters. The minimum atomic E-state index is -3.30. The van der Waals surface area contributed by atoms with Crippen LogP contribution in [0.4, 0.5) is 0 Å². The normalized spacial score (nSPS) is 20.9. The average molecular weight is 399 g/mol. The Morgan fingerprint density at radius 1 is 1.04 bits per heavy atom. The highest BCUT2D eigenvalue weighted by Gasteiger charge is 2.32. The Morgan fingerprint density at radius 2 is 1.82 bits per heavy atom. The summed E-state index contributed by atoms with van der Waals surface area (Å²) in [6, 6.07) is 14.7. The third-order valence-corrected chi connectivity index (χ3v) is 7.16. The van der Waals surface area contributed by atoms with Crippen LogP contribution in [0.1, 0.15) is 22.8 Å². The van der Waals surface area contributed by atoms with E-state index in [0.717, 1.165) is 11.1 Å². The first-order chi connectivity index (χ1) is 13.5. The summed E-state index contributed by atoms with van der Waals surface area (Å²) in [6.45, 7) is 0.811. The highest BCUT2D eigenvalue weighted by atomic mass is 32.2. The monoisotopic (exact) mass is 399 g/mol. The van der Waals surface area contributed by atoms with Gasteiger partial charge in [0.1, 0.15) is 0 Å². The van der Waals surface area contributed by atoms with E-state index in [4.69, 9.17) is 9.47 Å². The molecule has 0 unspecified atom stereocenters. The van der Waals surface area contributed by atoms with Crippen molar-refractivity contribution in [1.29, 1.82) is 0 Å². The molecule has 2 aliphatic heterocycles. The van der Waals surface area contributed by atoms with Crippen molar-refractivity contribution < 1.29 is 22.7 Å². The number of fused-ring (bicyclic) bond motifs is 1. The molecule has 7 heteroatoms. The molecule has 0 aromatic heterocycles. The Balaban J connectivity index is 1.45. The van der Waals surface area contributed by atoms with Crippen molar-refractivity contribution in [3.05, 3.63) is 65.7 Å². The molecule has 0 N–H and O–H groups in total. The van der Waals surface area contributed by atoms with Crippen molar-refractivity contribution in [2.75, 3.05) is 25.6 Å². The molecule has 2 heterocycles. The van der Waals surface area contributed by atoms with Gasteiger partial charge in [0.05, 0.1) is 11.0 Å². The second-order valence-electron chi connectivity index (χ2n) is 6.83. The number of sulfone groups is 1. The maximum atomic E-state index is 12.7. The van der Waals surface area contributed by atoms with Crippen LogP contribution >= 0.6 is 0 Å². The zero-order valence-corrected chi connectivity index (χ0v) is 16.1. The van der Waals surface area contributed by atoms with E-state index in [1.54, 1.807) is 17.0 Å². The fraction of sp³-hybridized carbons (Fsp3) is 0.286. The van der Waals surface area contributed by atoms with Crippen LogP contribution in [-0.4, -0.2) is 44.9 Å². The van der Waals surface area contributed by atoms with Crippen molar-refractivity contribution >= 4 is 21.8 Å². The van der Waals surface area contributed by atoms with Crippen LogP contribution in [0, 0.1) is 0 Å². The van der Waals surface area contributed by atoms with Crippen LogP contribution in [0.5, 0.6) is 11.5 Å². The van der Waals surface area contributed by atoms with Gasteiger partial charge < -0.3 is 14.4 Å². The van der Waals surface area contributed by atoms with Crippen molar-refractivity contribution in [3.8, 4) is 11.5 Å². The number of hydrogen-bond donors (Lipinski definition) is 0. The van der Waals surface area contributed by atoms with E-state index >= 15 is 0 Å². The summed E-state index contributed by atoms with van der Waals surface area (Å²) in [5.41, 5.74) is 1.61. The van der Waals surface area contributed by atoms with Gasteiger partial charge in [0.15, 0.2) is 21.3 Å². The quantitative estimate of drug-likeness (QED) is 0.742. The number of benzene rings is 2. The van der Waals surface area contributed by atoms with Gasteiger partial charge in [-0.05, 0) is 35.8 Å². The van der Waals surface area contributed by atoms with Crippen LogP contribution in [-0.2, 0) is 14.6 Å². The molecule has 0 saturated carbocycles. The smallest absolute Gasteiger partial charge is 0.246 e. The van der Waals surface area contributed by atoms with Gasteiger partial charge in [-0.1, -0.05) is 36.4 Å². The van der Waals surface area contributed by atoms with Crippen LogP contribution in [0.3, 0.4) is 0 Å². The Labute approximate surface area is 164 Å². The van der Waals surface area contributed by atoms with Crippen molar-refractivity contribution in [2.24, 2.45) is 0 Å². The molecule has 4 rings (SSSR count). The van der Waals surface area contributed by atoms with E-state index in [-0.39, 0.29) is 25.0 Å². The summed E-state index contributed by atoms with van der Waals surface area (Å²) in [6.07, 6.45) is 3.58. The largest absolute Gasteiger partial charge is 0.454 e. The first-order valence-corrected chi connectivity index (χ1v) is 10.9. The van der Waals surface area contributed by atoms with Gasteiger partial charge in [0.25, 0.3) is 0 Å². The van der Waals surface area contributed by atoms with Crippen molar-refractivity contribution in [3.63, 3.8) is 0 Å². The third kappa shape index (κ3) is 3.89. The topological polar surface area (TPSA) is 72.9 Å². The van der Waals surface area contributed by atoms with Gasteiger partial charge in [0, 0.05) is 19.2 Å². The lowest BCUT2D eigenvalue weighted by molar-refractivity contribution is -0.125. The standard InChI is InChI=1S/C21H21NO5S/c23-21(9-7-16-6-8-18-19(14-16)27-15-26-18)22-11-10-20(28(24,25)13-12-22)17-4-2-1-3-5-17/h1-9,14,20H,10-13,15H2/b9-7+/t20-/m0/s1. The molecular formula is C21H21NO5S. The molecule has 0 aliphatic carbocycles. The Kier molecular flexibility index (Phi) is 5.09. The van der Waals surface area contributed by atoms with E-state index in [1.165, 1.54) is 6.08 Å². The molecule has 2 aromatic carbocycles. The maximum Gasteiger partial charge on any atom is 0.246 e. The summed E-state index contributed by atoms with van der Waals surface area (Å²) < 4.78 is 36.0. The van der Waals surface area contributed by atoms with Gasteiger partial charge in [-0.2, -0.15) is 0 Å². The summed E-state index contributed by atoms with van der Waals surface area (Å²) >= 11 is 0. The van der Waals surface area contributed by atoms with E-state index < -0.39 is 15.1 Å². The maximum absolute atomic E-state index is 12.7. The predicted octanol–water partition coefficient (Wildman–Crippen LogP) is 2.82. The Hall–Kier alpha value is -2.80. The molecule has 6 nitrogen and oxygen atoms in total. The van der Waals surface area contributed by atoms with Gasteiger partial charge in [-0.25, -0.2) is 8.42 Å². The number of carbonyl (C=O) groups excluding carboxylic acids is 1. The van der Waals surface area contributed by atoms with Gasteiger partial charge in [0.2, 0.25) is 12.7 Å². The highest BCUT2D eigenvalue weighted by molar-refractivity contribution is 7.91. The molecule has 1 amide bonds. The SMILES string of the molecule is O=C(/C=C/c1ccc2c(c1)OCO2)N1CC[C@@H](c2ccccc2)S(=O)(=O)CC1. The molecular weight excluding hydrogens is 378 g/mol. The molecule has 1 fully saturated rings. The van der Waals surface area contributed by atoms with Crippen molar-refractivity contribution in [2.45, 2.75) is 11.7 Å². The van der Waals surface area contributed by atoms with E-state index in [9.17, 15) is 13.2 Å². The van der Waals surface area contributed by atoms with E-state index in [1.807, 2.05) is 42.5 Å². The van der Waals surface area contributed by atoms with Crippen LogP contribution < -0.4 is 9.47 Å².